The van der Waals surface area contributed by atoms with Crippen molar-refractivity contribution in [3.8, 4) is 5.75 Å². The van der Waals surface area contributed by atoms with E-state index in [1.54, 1.807) is 7.11 Å². The van der Waals surface area contributed by atoms with Crippen LogP contribution in [0.25, 0.3) is 0 Å². The summed E-state index contributed by atoms with van der Waals surface area (Å²) in [5, 5.41) is 13.0. The molecule has 3 heteroatoms. The molecule has 2 rings (SSSR count). The van der Waals surface area contributed by atoms with E-state index in [-0.39, 0.29) is 6.10 Å². The Morgan fingerprint density at radius 3 is 2.68 bits per heavy atom. The summed E-state index contributed by atoms with van der Waals surface area (Å²) < 4.78 is 5.35. The molecule has 1 aromatic carbocycles. The van der Waals surface area contributed by atoms with E-state index >= 15 is 0 Å². The SMILES string of the molecule is COc1ccccc1CCNCC1CCC(O)CC1. The van der Waals surface area contributed by atoms with Gasteiger partial charge in [-0.15, -0.1) is 0 Å². The van der Waals surface area contributed by atoms with Crippen LogP contribution in [-0.4, -0.2) is 31.4 Å². The molecule has 0 unspecified atom stereocenters. The number of hydrogen-bond acceptors (Lipinski definition) is 3. The molecule has 3 nitrogen and oxygen atoms in total. The summed E-state index contributed by atoms with van der Waals surface area (Å²) in [6, 6.07) is 8.19. The van der Waals surface area contributed by atoms with Crippen LogP contribution in [0.5, 0.6) is 5.75 Å². The van der Waals surface area contributed by atoms with Crippen molar-refractivity contribution in [1.82, 2.24) is 5.32 Å². The van der Waals surface area contributed by atoms with Crippen molar-refractivity contribution in [1.29, 1.82) is 0 Å². The Morgan fingerprint density at radius 1 is 1.21 bits per heavy atom. The number of hydrogen-bond donors (Lipinski definition) is 2. The lowest BCUT2D eigenvalue weighted by molar-refractivity contribution is 0.108. The fourth-order valence-electron chi connectivity index (χ4n) is 2.79. The number of benzene rings is 1. The summed E-state index contributed by atoms with van der Waals surface area (Å²) in [6.07, 6.45) is 5.20. The van der Waals surface area contributed by atoms with Gasteiger partial charge >= 0.3 is 0 Å². The highest BCUT2D eigenvalue weighted by Crippen LogP contribution is 2.23. The molecule has 0 aromatic heterocycles. The van der Waals surface area contributed by atoms with E-state index in [9.17, 15) is 5.11 Å². The highest BCUT2D eigenvalue weighted by molar-refractivity contribution is 5.33. The number of nitrogens with one attached hydrogen (secondary N) is 1. The molecule has 0 bridgehead atoms. The lowest BCUT2D eigenvalue weighted by atomic mass is 9.87. The number of aliphatic hydroxyl groups is 1. The maximum atomic E-state index is 9.47. The van der Waals surface area contributed by atoms with Crippen molar-refractivity contribution in [2.45, 2.75) is 38.2 Å². The van der Waals surface area contributed by atoms with Gasteiger partial charge in [-0.3, -0.25) is 0 Å². The van der Waals surface area contributed by atoms with E-state index in [2.05, 4.69) is 17.4 Å². The minimum atomic E-state index is -0.0511. The van der Waals surface area contributed by atoms with Gasteiger partial charge in [0.05, 0.1) is 13.2 Å². The smallest absolute Gasteiger partial charge is 0.122 e. The van der Waals surface area contributed by atoms with Crippen molar-refractivity contribution in [3.05, 3.63) is 29.8 Å². The molecule has 1 fully saturated rings. The molecular formula is C16H25NO2. The zero-order valence-electron chi connectivity index (χ0n) is 11.8. The molecule has 1 aromatic rings. The fraction of sp³-hybridized carbons (Fsp3) is 0.625. The molecule has 1 aliphatic rings. The second-order valence-corrected chi connectivity index (χ2v) is 5.44. The van der Waals surface area contributed by atoms with Gasteiger partial charge in [0.1, 0.15) is 5.75 Å². The zero-order valence-corrected chi connectivity index (χ0v) is 11.8. The van der Waals surface area contributed by atoms with E-state index in [1.807, 2.05) is 12.1 Å². The van der Waals surface area contributed by atoms with E-state index in [0.29, 0.717) is 0 Å². The molecule has 2 N–H and O–H groups in total. The normalized spacial score (nSPS) is 23.3. The Balaban J connectivity index is 1.66. The first-order valence-corrected chi connectivity index (χ1v) is 7.30. The third kappa shape index (κ3) is 4.51. The van der Waals surface area contributed by atoms with Gasteiger partial charge in [0.25, 0.3) is 0 Å². The largest absolute Gasteiger partial charge is 0.496 e. The Bertz CT molecular complexity index is 373. The first kappa shape index (κ1) is 14.4. The van der Waals surface area contributed by atoms with E-state index in [0.717, 1.165) is 56.9 Å². The van der Waals surface area contributed by atoms with Crippen LogP contribution in [0.1, 0.15) is 31.2 Å². The highest BCUT2D eigenvalue weighted by atomic mass is 16.5. The average molecular weight is 263 g/mol. The van der Waals surface area contributed by atoms with Crippen LogP contribution < -0.4 is 10.1 Å². The Labute approximate surface area is 116 Å². The van der Waals surface area contributed by atoms with E-state index in [1.165, 1.54) is 5.56 Å². The van der Waals surface area contributed by atoms with Crippen LogP contribution >= 0.6 is 0 Å². The van der Waals surface area contributed by atoms with Gasteiger partial charge in [0.15, 0.2) is 0 Å². The van der Waals surface area contributed by atoms with Gasteiger partial charge in [0.2, 0.25) is 0 Å². The lowest BCUT2D eigenvalue weighted by Gasteiger charge is -2.25. The van der Waals surface area contributed by atoms with Crippen LogP contribution in [0.4, 0.5) is 0 Å². The zero-order chi connectivity index (χ0) is 13.5. The molecule has 0 atom stereocenters. The maximum absolute atomic E-state index is 9.47. The quantitative estimate of drug-likeness (QED) is 0.774. The molecule has 0 aliphatic heterocycles. The molecule has 0 heterocycles. The number of ether oxygens (including phenoxy) is 1. The van der Waals surface area contributed by atoms with Gasteiger partial charge in [-0.1, -0.05) is 18.2 Å². The highest BCUT2D eigenvalue weighted by Gasteiger charge is 2.18. The molecular weight excluding hydrogens is 238 g/mol. The van der Waals surface area contributed by atoms with Gasteiger partial charge < -0.3 is 15.2 Å². The molecule has 1 saturated carbocycles. The monoisotopic (exact) mass is 263 g/mol. The second-order valence-electron chi connectivity index (χ2n) is 5.44. The third-order valence-corrected chi connectivity index (χ3v) is 4.01. The van der Waals surface area contributed by atoms with Crippen LogP contribution in [0.15, 0.2) is 24.3 Å². The lowest BCUT2D eigenvalue weighted by Crippen LogP contribution is -2.29. The number of rotatable bonds is 6. The summed E-state index contributed by atoms with van der Waals surface area (Å²) in [7, 11) is 1.72. The summed E-state index contributed by atoms with van der Waals surface area (Å²) >= 11 is 0. The van der Waals surface area contributed by atoms with Crippen LogP contribution in [0, 0.1) is 5.92 Å². The molecule has 19 heavy (non-hydrogen) atoms. The molecule has 0 radical (unpaired) electrons. The van der Waals surface area contributed by atoms with E-state index < -0.39 is 0 Å². The first-order chi connectivity index (χ1) is 9.29. The van der Waals surface area contributed by atoms with Gasteiger partial charge in [-0.2, -0.15) is 0 Å². The summed E-state index contributed by atoms with van der Waals surface area (Å²) in [5.74, 6) is 1.71. The summed E-state index contributed by atoms with van der Waals surface area (Å²) in [5.41, 5.74) is 1.26. The van der Waals surface area contributed by atoms with Crippen molar-refractivity contribution in [3.63, 3.8) is 0 Å². The molecule has 0 amide bonds. The minimum Gasteiger partial charge on any atom is -0.496 e. The summed E-state index contributed by atoms with van der Waals surface area (Å²) in [6.45, 7) is 2.06. The summed E-state index contributed by atoms with van der Waals surface area (Å²) in [4.78, 5) is 0. The Kier molecular flexibility index (Phi) is 5.67. The van der Waals surface area contributed by atoms with Crippen molar-refractivity contribution in [2.24, 2.45) is 5.92 Å². The predicted molar refractivity (Wildman–Crippen MR) is 77.5 cm³/mol. The van der Waals surface area contributed by atoms with Crippen LogP contribution in [0.2, 0.25) is 0 Å². The van der Waals surface area contributed by atoms with Gasteiger partial charge in [0, 0.05) is 0 Å². The van der Waals surface area contributed by atoms with E-state index in [4.69, 9.17) is 4.74 Å². The minimum absolute atomic E-state index is 0.0511. The maximum Gasteiger partial charge on any atom is 0.122 e. The van der Waals surface area contributed by atoms with Crippen LogP contribution in [-0.2, 0) is 6.42 Å². The fourth-order valence-corrected chi connectivity index (χ4v) is 2.79. The van der Waals surface area contributed by atoms with Crippen molar-refractivity contribution < 1.29 is 9.84 Å². The molecule has 1 aliphatic carbocycles. The average Bonchev–Trinajstić information content (AvgIpc) is 2.46. The number of para-hydroxylation sites is 1. The molecule has 106 valence electrons. The number of methoxy groups -OCH3 is 1. The third-order valence-electron chi connectivity index (χ3n) is 4.01. The topological polar surface area (TPSA) is 41.5 Å². The molecule has 0 saturated heterocycles. The number of aliphatic hydroxyl groups excluding tert-OH is 1. The van der Waals surface area contributed by atoms with Crippen LogP contribution in [0.3, 0.4) is 0 Å². The predicted octanol–water partition coefficient (Wildman–Crippen LogP) is 2.38. The van der Waals surface area contributed by atoms with Gasteiger partial charge in [-0.05, 0) is 62.7 Å². The van der Waals surface area contributed by atoms with Crippen molar-refractivity contribution in [2.75, 3.05) is 20.2 Å². The molecule has 0 spiro atoms. The standard InChI is InChI=1S/C16H25NO2/c1-19-16-5-3-2-4-14(16)10-11-17-12-13-6-8-15(18)9-7-13/h2-5,13,15,17-18H,6-12H2,1H3. The van der Waals surface area contributed by atoms with Gasteiger partial charge in [-0.25, -0.2) is 0 Å². The first-order valence-electron chi connectivity index (χ1n) is 7.30. The Morgan fingerprint density at radius 2 is 1.95 bits per heavy atom. The Hall–Kier alpha value is -1.06. The van der Waals surface area contributed by atoms with Crippen molar-refractivity contribution >= 4 is 0 Å². The second kappa shape index (κ2) is 7.51.